The van der Waals surface area contributed by atoms with E-state index in [9.17, 15) is 0 Å². The molecule has 1 aromatic rings. The van der Waals surface area contributed by atoms with E-state index in [4.69, 9.17) is 5.84 Å². The largest absolute Gasteiger partial charge is 0.366 e. The number of nitrogens with two attached hydrogens (primary N) is 1. The lowest BCUT2D eigenvalue weighted by molar-refractivity contribution is 0.437. The van der Waals surface area contributed by atoms with Crippen LogP contribution in [0.25, 0.3) is 0 Å². The molecule has 90 valence electrons. The smallest absolute Gasteiger partial charge is 0.160 e. The molecule has 5 nitrogen and oxygen atoms in total. The van der Waals surface area contributed by atoms with E-state index in [0.717, 1.165) is 18.7 Å². The average molecular weight is 223 g/mol. The quantitative estimate of drug-likeness (QED) is 0.508. The Hall–Kier alpha value is -1.36. The summed E-state index contributed by atoms with van der Waals surface area (Å²) in [7, 11) is 0. The van der Waals surface area contributed by atoms with Crippen molar-refractivity contribution in [1.82, 2.24) is 9.97 Å². The van der Waals surface area contributed by atoms with Crippen LogP contribution in [0.5, 0.6) is 0 Å². The average Bonchev–Trinajstić information content (AvgIpc) is 2.31. The first kappa shape index (κ1) is 12.7. The van der Waals surface area contributed by atoms with Gasteiger partial charge < -0.3 is 10.7 Å². The fourth-order valence-corrected chi connectivity index (χ4v) is 1.85. The fourth-order valence-electron chi connectivity index (χ4n) is 1.85. The van der Waals surface area contributed by atoms with Crippen LogP contribution in [0.1, 0.15) is 33.6 Å². The molecule has 0 spiro atoms. The van der Waals surface area contributed by atoms with Gasteiger partial charge in [-0.25, -0.2) is 10.8 Å². The third-order valence-corrected chi connectivity index (χ3v) is 2.91. The maximum Gasteiger partial charge on any atom is 0.160 e. The molecule has 1 aromatic heterocycles. The van der Waals surface area contributed by atoms with Gasteiger partial charge in [0.1, 0.15) is 5.82 Å². The van der Waals surface area contributed by atoms with Gasteiger partial charge in [0.25, 0.3) is 0 Å². The highest BCUT2D eigenvalue weighted by Gasteiger charge is 2.13. The Morgan fingerprint density at radius 2 is 1.88 bits per heavy atom. The minimum Gasteiger partial charge on any atom is -0.366 e. The molecule has 5 heteroatoms. The van der Waals surface area contributed by atoms with Crippen LogP contribution < -0.4 is 16.6 Å². The van der Waals surface area contributed by atoms with Gasteiger partial charge in [0.05, 0.1) is 12.4 Å². The predicted molar refractivity (Wildman–Crippen MR) is 67.0 cm³/mol. The minimum atomic E-state index is 0.386. The number of aromatic nitrogens is 2. The summed E-state index contributed by atoms with van der Waals surface area (Å²) in [6.45, 7) is 6.58. The van der Waals surface area contributed by atoms with E-state index in [1.165, 1.54) is 0 Å². The molecule has 16 heavy (non-hydrogen) atoms. The Bertz CT molecular complexity index is 311. The molecule has 1 heterocycles. The molecule has 0 saturated carbocycles. The zero-order valence-corrected chi connectivity index (χ0v) is 10.2. The van der Waals surface area contributed by atoms with Crippen LogP contribution in [0, 0.1) is 5.92 Å². The van der Waals surface area contributed by atoms with E-state index in [1.807, 2.05) is 0 Å². The summed E-state index contributed by atoms with van der Waals surface area (Å²) in [5.41, 5.74) is 2.48. The molecular weight excluding hydrogens is 202 g/mol. The zero-order chi connectivity index (χ0) is 12.0. The molecule has 1 unspecified atom stereocenters. The van der Waals surface area contributed by atoms with Gasteiger partial charge in [-0.3, -0.25) is 4.98 Å². The van der Waals surface area contributed by atoms with E-state index in [0.29, 0.717) is 17.8 Å². The molecule has 0 aliphatic heterocycles. The second-order valence-corrected chi connectivity index (χ2v) is 3.94. The summed E-state index contributed by atoms with van der Waals surface area (Å²) in [4.78, 5) is 8.32. The Balaban J connectivity index is 2.64. The van der Waals surface area contributed by atoms with Gasteiger partial charge in [-0.15, -0.1) is 0 Å². The summed E-state index contributed by atoms with van der Waals surface area (Å²) in [6.07, 6.45) is 5.62. The SMILES string of the molecule is CCC(CC)C(C)Nc1cncc(NN)n1. The van der Waals surface area contributed by atoms with E-state index < -0.39 is 0 Å². The second-order valence-electron chi connectivity index (χ2n) is 3.94. The molecule has 0 amide bonds. The number of hydrazine groups is 1. The number of rotatable bonds is 6. The molecule has 0 aliphatic carbocycles. The van der Waals surface area contributed by atoms with Crippen molar-refractivity contribution in [2.45, 2.75) is 39.7 Å². The lowest BCUT2D eigenvalue weighted by Crippen LogP contribution is -2.25. The van der Waals surface area contributed by atoms with Crippen LogP contribution in [-0.4, -0.2) is 16.0 Å². The Morgan fingerprint density at radius 3 is 2.44 bits per heavy atom. The van der Waals surface area contributed by atoms with Crippen LogP contribution in [0.3, 0.4) is 0 Å². The third kappa shape index (κ3) is 3.34. The van der Waals surface area contributed by atoms with E-state index in [1.54, 1.807) is 12.4 Å². The third-order valence-electron chi connectivity index (χ3n) is 2.91. The van der Waals surface area contributed by atoms with E-state index in [2.05, 4.69) is 41.5 Å². The first-order valence-corrected chi connectivity index (χ1v) is 5.76. The molecule has 0 fully saturated rings. The molecule has 4 N–H and O–H groups in total. The number of nitrogen functional groups attached to an aromatic ring is 1. The molecule has 0 bridgehead atoms. The maximum atomic E-state index is 5.28. The standard InChI is InChI=1S/C11H21N5/c1-4-9(5-2)8(3)14-10-6-13-7-11(15-10)16-12/h6-9H,4-5,12H2,1-3H3,(H2,14,15,16). The van der Waals surface area contributed by atoms with Gasteiger partial charge in [0, 0.05) is 6.04 Å². The summed E-state index contributed by atoms with van der Waals surface area (Å²) in [5, 5.41) is 3.35. The van der Waals surface area contributed by atoms with Crippen molar-refractivity contribution in [2.24, 2.45) is 11.8 Å². The Kier molecular flexibility index (Phi) is 4.98. The number of anilines is 2. The summed E-state index contributed by atoms with van der Waals surface area (Å²) in [6, 6.07) is 0.386. The molecule has 0 radical (unpaired) electrons. The Morgan fingerprint density at radius 1 is 1.25 bits per heavy atom. The van der Waals surface area contributed by atoms with E-state index >= 15 is 0 Å². The molecule has 1 rings (SSSR count). The summed E-state index contributed by atoms with van der Waals surface area (Å²) < 4.78 is 0. The zero-order valence-electron chi connectivity index (χ0n) is 10.2. The lowest BCUT2D eigenvalue weighted by atomic mass is 9.96. The number of hydrogen-bond donors (Lipinski definition) is 3. The van der Waals surface area contributed by atoms with Gasteiger partial charge in [-0.05, 0) is 12.8 Å². The van der Waals surface area contributed by atoms with E-state index in [-0.39, 0.29) is 0 Å². The number of hydrogen-bond acceptors (Lipinski definition) is 5. The number of nitrogens with one attached hydrogen (secondary N) is 2. The first-order valence-electron chi connectivity index (χ1n) is 5.76. The van der Waals surface area contributed by atoms with Crippen LogP contribution in [0.2, 0.25) is 0 Å². The van der Waals surface area contributed by atoms with Gasteiger partial charge in [-0.2, -0.15) is 0 Å². The normalized spacial score (nSPS) is 12.6. The molecule has 1 atom stereocenters. The fraction of sp³-hybridized carbons (Fsp3) is 0.636. The Labute approximate surface area is 96.8 Å². The highest BCUT2D eigenvalue weighted by molar-refractivity contribution is 5.41. The molecule has 0 aliphatic rings. The second kappa shape index (κ2) is 6.27. The van der Waals surface area contributed by atoms with Crippen molar-refractivity contribution < 1.29 is 0 Å². The van der Waals surface area contributed by atoms with Gasteiger partial charge in [0.15, 0.2) is 5.82 Å². The van der Waals surface area contributed by atoms with Crippen molar-refractivity contribution in [1.29, 1.82) is 0 Å². The molecular formula is C11H21N5. The van der Waals surface area contributed by atoms with Gasteiger partial charge in [0.2, 0.25) is 0 Å². The minimum absolute atomic E-state index is 0.386. The highest BCUT2D eigenvalue weighted by Crippen LogP contribution is 2.16. The van der Waals surface area contributed by atoms with Gasteiger partial charge >= 0.3 is 0 Å². The van der Waals surface area contributed by atoms with Crippen molar-refractivity contribution in [3.05, 3.63) is 12.4 Å². The van der Waals surface area contributed by atoms with Crippen LogP contribution >= 0.6 is 0 Å². The van der Waals surface area contributed by atoms with Crippen LogP contribution in [0.4, 0.5) is 11.6 Å². The lowest BCUT2D eigenvalue weighted by Gasteiger charge is -2.22. The van der Waals surface area contributed by atoms with Crippen LogP contribution in [-0.2, 0) is 0 Å². The van der Waals surface area contributed by atoms with Crippen molar-refractivity contribution >= 4 is 11.6 Å². The predicted octanol–water partition coefficient (Wildman–Crippen LogP) is 2.00. The van der Waals surface area contributed by atoms with Crippen LogP contribution in [0.15, 0.2) is 12.4 Å². The maximum absolute atomic E-state index is 5.28. The summed E-state index contributed by atoms with van der Waals surface area (Å²) >= 11 is 0. The monoisotopic (exact) mass is 223 g/mol. The molecule has 0 aromatic carbocycles. The summed E-state index contributed by atoms with van der Waals surface area (Å²) in [5.74, 6) is 7.26. The molecule has 0 saturated heterocycles. The highest BCUT2D eigenvalue weighted by atomic mass is 15.3. The number of nitrogens with zero attached hydrogens (tertiary/aromatic N) is 2. The van der Waals surface area contributed by atoms with Crippen molar-refractivity contribution in [3.8, 4) is 0 Å². The van der Waals surface area contributed by atoms with Crippen molar-refractivity contribution in [2.75, 3.05) is 10.7 Å². The van der Waals surface area contributed by atoms with Gasteiger partial charge in [-0.1, -0.05) is 26.7 Å². The first-order chi connectivity index (χ1) is 7.71. The topological polar surface area (TPSA) is 75.9 Å². The van der Waals surface area contributed by atoms with Crippen molar-refractivity contribution in [3.63, 3.8) is 0 Å².